The van der Waals surface area contributed by atoms with Crippen molar-refractivity contribution in [2.45, 2.75) is 25.3 Å². The van der Waals surface area contributed by atoms with E-state index in [0.29, 0.717) is 6.08 Å². The number of rotatable bonds is 3. The smallest absolute Gasteiger partial charge is 0.211 e. The van der Waals surface area contributed by atoms with Crippen LogP contribution in [-0.2, 0) is 4.79 Å². The molecule has 0 amide bonds. The average Bonchev–Trinajstić information content (AvgIpc) is 1.87. The highest BCUT2D eigenvalue weighted by Gasteiger charge is 2.55. The first-order chi connectivity index (χ1) is 4.87. The molecule has 0 aromatic rings. The van der Waals surface area contributed by atoms with Gasteiger partial charge in [-0.05, 0) is 0 Å². The highest BCUT2D eigenvalue weighted by molar-refractivity contribution is 5.34. The molecular formula is C5H5F4NO. The summed E-state index contributed by atoms with van der Waals surface area (Å²) in [5, 5.41) is 0. The van der Waals surface area contributed by atoms with E-state index in [9.17, 15) is 22.4 Å². The predicted molar refractivity (Wildman–Crippen MR) is 28.3 cm³/mol. The third-order valence-electron chi connectivity index (χ3n) is 1.07. The van der Waals surface area contributed by atoms with Crippen molar-refractivity contribution in [3.8, 4) is 0 Å². The first kappa shape index (κ1) is 10.1. The van der Waals surface area contributed by atoms with Crippen LogP contribution < -0.4 is 0 Å². The van der Waals surface area contributed by atoms with Crippen LogP contribution in [0.3, 0.4) is 0 Å². The number of hydrogen-bond acceptors (Lipinski definition) is 2. The molecule has 0 rings (SSSR count). The molecule has 0 spiro atoms. The second-order valence-electron chi connectivity index (χ2n) is 1.80. The topological polar surface area (TPSA) is 29.4 Å². The van der Waals surface area contributed by atoms with Gasteiger partial charge in [0.1, 0.15) is 0 Å². The van der Waals surface area contributed by atoms with E-state index in [-0.39, 0.29) is 0 Å². The SMILES string of the molecule is CCC(F)(F)C(F)(F)N=C=O. The molecule has 0 radical (unpaired) electrons. The van der Waals surface area contributed by atoms with Crippen LogP contribution in [0.1, 0.15) is 13.3 Å². The van der Waals surface area contributed by atoms with E-state index in [1.165, 1.54) is 0 Å². The highest BCUT2D eigenvalue weighted by atomic mass is 19.3. The number of alkyl halides is 4. The minimum Gasteiger partial charge on any atom is -0.211 e. The number of nitrogens with zero attached hydrogens (tertiary/aromatic N) is 1. The second kappa shape index (κ2) is 3.00. The molecule has 0 fully saturated rings. The molecule has 0 saturated heterocycles. The van der Waals surface area contributed by atoms with Gasteiger partial charge in [0.2, 0.25) is 6.08 Å². The maximum atomic E-state index is 12.1. The number of carbonyl (C=O) groups excluding carboxylic acids is 1. The van der Waals surface area contributed by atoms with Gasteiger partial charge >= 0.3 is 12.0 Å². The van der Waals surface area contributed by atoms with Gasteiger partial charge in [-0.2, -0.15) is 17.6 Å². The third-order valence-corrected chi connectivity index (χ3v) is 1.07. The van der Waals surface area contributed by atoms with Gasteiger partial charge in [-0.15, -0.1) is 4.99 Å². The van der Waals surface area contributed by atoms with Crippen molar-refractivity contribution in [2.75, 3.05) is 0 Å². The largest absolute Gasteiger partial charge is 0.414 e. The van der Waals surface area contributed by atoms with Crippen LogP contribution in [0.15, 0.2) is 4.99 Å². The summed E-state index contributed by atoms with van der Waals surface area (Å²) in [7, 11) is 0. The summed E-state index contributed by atoms with van der Waals surface area (Å²) in [5.74, 6) is -4.27. The zero-order valence-corrected chi connectivity index (χ0v) is 5.57. The van der Waals surface area contributed by atoms with Gasteiger partial charge in [0.25, 0.3) is 0 Å². The number of aliphatic imine (C=N–C) groups is 1. The van der Waals surface area contributed by atoms with Crippen LogP contribution in [-0.4, -0.2) is 18.0 Å². The normalized spacial score (nSPS) is 12.5. The van der Waals surface area contributed by atoms with Crippen LogP contribution in [0.4, 0.5) is 17.6 Å². The molecule has 64 valence electrons. The molecular weight excluding hydrogens is 166 g/mol. The zero-order valence-electron chi connectivity index (χ0n) is 5.57. The summed E-state index contributed by atoms with van der Waals surface area (Å²) in [5.41, 5.74) is 0. The van der Waals surface area contributed by atoms with Crippen molar-refractivity contribution in [3.63, 3.8) is 0 Å². The Balaban J connectivity index is 4.65. The van der Waals surface area contributed by atoms with Crippen LogP contribution in [0.2, 0.25) is 0 Å². The minimum absolute atomic E-state index is 0.393. The maximum Gasteiger partial charge on any atom is 0.414 e. The van der Waals surface area contributed by atoms with Gasteiger partial charge in [-0.25, -0.2) is 4.79 Å². The highest BCUT2D eigenvalue weighted by Crippen LogP contribution is 2.37. The molecule has 0 aliphatic heterocycles. The predicted octanol–water partition coefficient (Wildman–Crippen LogP) is 1.96. The molecule has 11 heavy (non-hydrogen) atoms. The van der Waals surface area contributed by atoms with Gasteiger partial charge in [-0.1, -0.05) is 6.92 Å². The monoisotopic (exact) mass is 171 g/mol. The third kappa shape index (κ3) is 2.01. The van der Waals surface area contributed by atoms with E-state index < -0.39 is 18.4 Å². The van der Waals surface area contributed by atoms with Crippen LogP contribution >= 0.6 is 0 Å². The molecule has 0 aromatic heterocycles. The summed E-state index contributed by atoms with van der Waals surface area (Å²) >= 11 is 0. The van der Waals surface area contributed by atoms with E-state index in [1.807, 2.05) is 0 Å². The number of halogens is 4. The van der Waals surface area contributed by atoms with Gasteiger partial charge in [-0.3, -0.25) is 0 Å². The summed E-state index contributed by atoms with van der Waals surface area (Å²) in [6.07, 6.45) is -0.685. The van der Waals surface area contributed by atoms with E-state index >= 15 is 0 Å². The standard InChI is InChI=1S/C5H5F4NO/c1-2-4(6,7)5(8,9)10-3-11/h2H2,1H3. The van der Waals surface area contributed by atoms with Gasteiger partial charge in [0, 0.05) is 6.42 Å². The fraction of sp³-hybridized carbons (Fsp3) is 0.800. The summed E-state index contributed by atoms with van der Waals surface area (Å²) in [6.45, 7) is 0.869. The molecule has 0 atom stereocenters. The van der Waals surface area contributed by atoms with Crippen LogP contribution in [0.25, 0.3) is 0 Å². The molecule has 0 aliphatic carbocycles. The summed E-state index contributed by atoms with van der Waals surface area (Å²) in [4.78, 5) is 11.0. The lowest BCUT2D eigenvalue weighted by molar-refractivity contribution is -0.204. The first-order valence-electron chi connectivity index (χ1n) is 2.72. The Bertz CT molecular complexity index is 185. The Morgan fingerprint density at radius 2 is 1.82 bits per heavy atom. The molecule has 0 unspecified atom stereocenters. The molecule has 0 saturated carbocycles. The van der Waals surface area contributed by atoms with Crippen molar-refractivity contribution in [1.29, 1.82) is 0 Å². The summed E-state index contributed by atoms with van der Waals surface area (Å²) in [6, 6.07) is -4.64. The lowest BCUT2D eigenvalue weighted by Gasteiger charge is -2.19. The Labute approximate surface area is 59.9 Å². The minimum atomic E-state index is -4.64. The van der Waals surface area contributed by atoms with Crippen molar-refractivity contribution in [2.24, 2.45) is 4.99 Å². The number of isocyanates is 1. The van der Waals surface area contributed by atoms with Crippen molar-refractivity contribution in [1.82, 2.24) is 0 Å². The lowest BCUT2D eigenvalue weighted by atomic mass is 10.2. The van der Waals surface area contributed by atoms with E-state index in [1.54, 1.807) is 4.99 Å². The molecule has 6 heteroatoms. The Morgan fingerprint density at radius 3 is 2.09 bits per heavy atom. The van der Waals surface area contributed by atoms with Crippen LogP contribution in [0.5, 0.6) is 0 Å². The van der Waals surface area contributed by atoms with Crippen LogP contribution in [0, 0.1) is 0 Å². The Hall–Kier alpha value is -0.900. The van der Waals surface area contributed by atoms with Gasteiger partial charge in [0.15, 0.2) is 0 Å². The molecule has 2 nitrogen and oxygen atoms in total. The second-order valence-corrected chi connectivity index (χ2v) is 1.80. The molecule has 0 heterocycles. The van der Waals surface area contributed by atoms with E-state index in [4.69, 9.17) is 0 Å². The fourth-order valence-corrected chi connectivity index (χ4v) is 0.352. The first-order valence-corrected chi connectivity index (χ1v) is 2.72. The van der Waals surface area contributed by atoms with Crippen molar-refractivity contribution < 1.29 is 22.4 Å². The van der Waals surface area contributed by atoms with Crippen molar-refractivity contribution >= 4 is 6.08 Å². The Morgan fingerprint density at radius 1 is 1.36 bits per heavy atom. The van der Waals surface area contributed by atoms with E-state index in [0.717, 1.165) is 6.92 Å². The summed E-state index contributed by atoms with van der Waals surface area (Å²) < 4.78 is 48.2. The molecule has 0 aromatic carbocycles. The van der Waals surface area contributed by atoms with E-state index in [2.05, 4.69) is 0 Å². The Kier molecular flexibility index (Phi) is 2.76. The zero-order chi connectivity index (χ0) is 9.12. The lowest BCUT2D eigenvalue weighted by Crippen LogP contribution is -2.37. The average molecular weight is 171 g/mol. The molecule has 0 aliphatic rings. The quantitative estimate of drug-likeness (QED) is 0.276. The van der Waals surface area contributed by atoms with Crippen molar-refractivity contribution in [3.05, 3.63) is 0 Å². The number of hydrogen-bond donors (Lipinski definition) is 0. The maximum absolute atomic E-state index is 12.1. The molecule has 0 N–H and O–H groups in total. The molecule has 0 bridgehead atoms. The van der Waals surface area contributed by atoms with Gasteiger partial charge < -0.3 is 0 Å². The van der Waals surface area contributed by atoms with Gasteiger partial charge in [0.05, 0.1) is 0 Å². The fourth-order valence-electron chi connectivity index (χ4n) is 0.352.